The Balaban J connectivity index is 1.81. The van der Waals surface area contributed by atoms with Gasteiger partial charge in [0.2, 0.25) is 0 Å². The van der Waals surface area contributed by atoms with Gasteiger partial charge in [0.1, 0.15) is 0 Å². The molecule has 2 unspecified atom stereocenters. The molecule has 0 bridgehead atoms. The average molecular weight is 279 g/mol. The molecule has 112 valence electrons. The Morgan fingerprint density at radius 1 is 1.50 bits per heavy atom. The minimum atomic E-state index is -0.226. The SMILES string of the molecule is CN=C(NCc1ccoc1)NCC1(C)CCCCC1O. The van der Waals surface area contributed by atoms with Gasteiger partial charge < -0.3 is 20.2 Å². The smallest absolute Gasteiger partial charge is 0.191 e. The predicted molar refractivity (Wildman–Crippen MR) is 79.5 cm³/mol. The quantitative estimate of drug-likeness (QED) is 0.581. The van der Waals surface area contributed by atoms with Crippen LogP contribution in [0.5, 0.6) is 0 Å². The first-order valence-electron chi connectivity index (χ1n) is 7.28. The molecule has 2 atom stereocenters. The summed E-state index contributed by atoms with van der Waals surface area (Å²) in [7, 11) is 1.75. The van der Waals surface area contributed by atoms with Gasteiger partial charge in [0.15, 0.2) is 5.96 Å². The number of guanidine groups is 1. The first-order valence-corrected chi connectivity index (χ1v) is 7.28. The first-order chi connectivity index (χ1) is 9.64. The van der Waals surface area contributed by atoms with Crippen molar-refractivity contribution in [1.82, 2.24) is 10.6 Å². The van der Waals surface area contributed by atoms with Gasteiger partial charge in [0.05, 0.1) is 18.6 Å². The van der Waals surface area contributed by atoms with Gasteiger partial charge in [-0.15, -0.1) is 0 Å². The molecule has 5 heteroatoms. The van der Waals surface area contributed by atoms with E-state index < -0.39 is 0 Å². The fourth-order valence-corrected chi connectivity index (χ4v) is 2.67. The number of aliphatic hydroxyl groups is 1. The summed E-state index contributed by atoms with van der Waals surface area (Å²) in [5.74, 6) is 0.755. The van der Waals surface area contributed by atoms with Crippen LogP contribution in [-0.2, 0) is 6.54 Å². The van der Waals surface area contributed by atoms with Crippen molar-refractivity contribution in [3.05, 3.63) is 24.2 Å². The van der Waals surface area contributed by atoms with Gasteiger partial charge in [0, 0.05) is 31.1 Å². The molecule has 1 heterocycles. The van der Waals surface area contributed by atoms with Crippen LogP contribution in [-0.4, -0.2) is 30.8 Å². The van der Waals surface area contributed by atoms with Crippen molar-refractivity contribution in [3.8, 4) is 0 Å². The fraction of sp³-hybridized carbons (Fsp3) is 0.667. The summed E-state index contributed by atoms with van der Waals surface area (Å²) in [6.45, 7) is 3.56. The lowest BCUT2D eigenvalue weighted by atomic mass is 9.73. The summed E-state index contributed by atoms with van der Waals surface area (Å²) < 4.78 is 5.03. The van der Waals surface area contributed by atoms with E-state index in [1.807, 2.05) is 6.07 Å². The van der Waals surface area contributed by atoms with E-state index in [9.17, 15) is 5.11 Å². The molecule has 1 aliphatic rings. The normalized spacial score (nSPS) is 27.4. The van der Waals surface area contributed by atoms with E-state index in [0.29, 0.717) is 6.54 Å². The van der Waals surface area contributed by atoms with Crippen molar-refractivity contribution < 1.29 is 9.52 Å². The van der Waals surface area contributed by atoms with Crippen molar-refractivity contribution in [3.63, 3.8) is 0 Å². The zero-order chi connectivity index (χ0) is 14.4. The molecule has 1 saturated carbocycles. The van der Waals surface area contributed by atoms with Crippen LogP contribution in [0, 0.1) is 5.41 Å². The van der Waals surface area contributed by atoms with E-state index in [-0.39, 0.29) is 11.5 Å². The summed E-state index contributed by atoms with van der Waals surface area (Å²) >= 11 is 0. The highest BCUT2D eigenvalue weighted by Crippen LogP contribution is 2.35. The monoisotopic (exact) mass is 279 g/mol. The van der Waals surface area contributed by atoms with Crippen LogP contribution in [0.25, 0.3) is 0 Å². The number of rotatable bonds is 4. The van der Waals surface area contributed by atoms with Crippen LogP contribution in [0.3, 0.4) is 0 Å². The average Bonchev–Trinajstić information content (AvgIpc) is 2.96. The zero-order valence-electron chi connectivity index (χ0n) is 12.4. The minimum Gasteiger partial charge on any atom is -0.472 e. The van der Waals surface area contributed by atoms with Gasteiger partial charge in [-0.1, -0.05) is 19.8 Å². The van der Waals surface area contributed by atoms with E-state index in [4.69, 9.17) is 4.42 Å². The predicted octanol–water partition coefficient (Wildman–Crippen LogP) is 1.89. The molecule has 1 aromatic rings. The Morgan fingerprint density at radius 3 is 3.00 bits per heavy atom. The number of furan rings is 1. The molecule has 0 amide bonds. The lowest BCUT2D eigenvalue weighted by Crippen LogP contribution is -2.48. The highest BCUT2D eigenvalue weighted by molar-refractivity contribution is 5.79. The molecular weight excluding hydrogens is 254 g/mol. The van der Waals surface area contributed by atoms with Crippen LogP contribution >= 0.6 is 0 Å². The molecule has 1 fully saturated rings. The van der Waals surface area contributed by atoms with Gasteiger partial charge in [0.25, 0.3) is 0 Å². The Labute approximate surface area is 120 Å². The van der Waals surface area contributed by atoms with Crippen molar-refractivity contribution in [2.45, 2.75) is 45.3 Å². The summed E-state index contributed by atoms with van der Waals surface area (Å²) in [6, 6.07) is 1.92. The number of hydrogen-bond donors (Lipinski definition) is 3. The van der Waals surface area contributed by atoms with Crippen LogP contribution in [0.4, 0.5) is 0 Å². The Bertz CT molecular complexity index is 430. The second-order valence-corrected chi connectivity index (χ2v) is 5.83. The molecule has 0 radical (unpaired) electrons. The minimum absolute atomic E-state index is 0.0640. The molecular formula is C15H25N3O2. The number of aliphatic imine (C=N–C) groups is 1. The van der Waals surface area contributed by atoms with Gasteiger partial charge in [-0.2, -0.15) is 0 Å². The van der Waals surface area contributed by atoms with Gasteiger partial charge in [-0.3, -0.25) is 4.99 Å². The molecule has 0 aromatic carbocycles. The van der Waals surface area contributed by atoms with Crippen molar-refractivity contribution in [2.75, 3.05) is 13.6 Å². The number of nitrogens with zero attached hydrogens (tertiary/aromatic N) is 1. The van der Waals surface area contributed by atoms with E-state index in [2.05, 4.69) is 22.5 Å². The molecule has 0 aliphatic heterocycles. The van der Waals surface area contributed by atoms with Gasteiger partial charge >= 0.3 is 0 Å². The molecule has 0 spiro atoms. The summed E-state index contributed by atoms with van der Waals surface area (Å²) in [6.07, 6.45) is 7.43. The van der Waals surface area contributed by atoms with Crippen molar-refractivity contribution >= 4 is 5.96 Å². The van der Waals surface area contributed by atoms with E-state index in [0.717, 1.165) is 37.3 Å². The Kier molecular flexibility index (Phi) is 5.06. The lowest BCUT2D eigenvalue weighted by molar-refractivity contribution is 0.00397. The first kappa shape index (κ1) is 14.9. The highest BCUT2D eigenvalue weighted by Gasteiger charge is 2.35. The van der Waals surface area contributed by atoms with Gasteiger partial charge in [-0.05, 0) is 18.9 Å². The third kappa shape index (κ3) is 3.76. The number of nitrogens with one attached hydrogen (secondary N) is 2. The molecule has 1 aromatic heterocycles. The maximum Gasteiger partial charge on any atom is 0.191 e. The topological polar surface area (TPSA) is 69.8 Å². The van der Waals surface area contributed by atoms with E-state index >= 15 is 0 Å². The molecule has 3 N–H and O–H groups in total. The van der Waals surface area contributed by atoms with E-state index in [1.54, 1.807) is 19.6 Å². The standard InChI is InChI=1S/C15H25N3O2/c1-15(7-4-3-5-13(15)19)11-18-14(16-2)17-9-12-6-8-20-10-12/h6,8,10,13,19H,3-5,7,9,11H2,1-2H3,(H2,16,17,18). The third-order valence-corrected chi connectivity index (χ3v) is 4.20. The second kappa shape index (κ2) is 6.79. The maximum absolute atomic E-state index is 10.2. The lowest BCUT2D eigenvalue weighted by Gasteiger charge is -2.38. The molecule has 0 saturated heterocycles. The summed E-state index contributed by atoms with van der Waals surface area (Å²) in [5, 5.41) is 16.7. The molecule has 2 rings (SSSR count). The molecule has 5 nitrogen and oxygen atoms in total. The van der Waals surface area contributed by atoms with Crippen LogP contribution in [0.1, 0.15) is 38.2 Å². The number of aliphatic hydroxyl groups excluding tert-OH is 1. The third-order valence-electron chi connectivity index (χ3n) is 4.20. The zero-order valence-corrected chi connectivity index (χ0v) is 12.4. The Hall–Kier alpha value is -1.49. The van der Waals surface area contributed by atoms with Crippen LogP contribution in [0.15, 0.2) is 28.0 Å². The largest absolute Gasteiger partial charge is 0.472 e. The van der Waals surface area contributed by atoms with Crippen molar-refractivity contribution in [2.24, 2.45) is 10.4 Å². The van der Waals surface area contributed by atoms with Crippen LogP contribution in [0.2, 0.25) is 0 Å². The highest BCUT2D eigenvalue weighted by atomic mass is 16.3. The molecule has 1 aliphatic carbocycles. The second-order valence-electron chi connectivity index (χ2n) is 5.83. The maximum atomic E-state index is 10.2. The van der Waals surface area contributed by atoms with Gasteiger partial charge in [-0.25, -0.2) is 0 Å². The van der Waals surface area contributed by atoms with Crippen LogP contribution < -0.4 is 10.6 Å². The number of hydrogen-bond acceptors (Lipinski definition) is 3. The Morgan fingerprint density at radius 2 is 2.35 bits per heavy atom. The summed E-state index contributed by atoms with van der Waals surface area (Å²) in [4.78, 5) is 4.21. The summed E-state index contributed by atoms with van der Waals surface area (Å²) in [5.41, 5.74) is 1.02. The fourth-order valence-electron chi connectivity index (χ4n) is 2.67. The van der Waals surface area contributed by atoms with E-state index in [1.165, 1.54) is 6.42 Å². The molecule has 20 heavy (non-hydrogen) atoms. The van der Waals surface area contributed by atoms with Crippen molar-refractivity contribution in [1.29, 1.82) is 0 Å².